The van der Waals surface area contributed by atoms with Crippen LogP contribution in [0, 0.1) is 0 Å². The van der Waals surface area contributed by atoms with Crippen molar-refractivity contribution in [3.05, 3.63) is 59.4 Å². The lowest BCUT2D eigenvalue weighted by Gasteiger charge is -2.15. The SMILES string of the molecule is Clc1ccc(-c2cc(-c3ccc[nH]3)[nH]c2C=NC2CCCCCCC2)cc1. The van der Waals surface area contributed by atoms with Crippen LogP contribution in [0.15, 0.2) is 53.7 Å². The highest BCUT2D eigenvalue weighted by molar-refractivity contribution is 6.30. The topological polar surface area (TPSA) is 43.9 Å². The fraction of sp³-hybridized carbons (Fsp3) is 0.348. The maximum Gasteiger partial charge on any atom is 0.0646 e. The molecule has 2 heterocycles. The van der Waals surface area contributed by atoms with Crippen LogP contribution in [0.5, 0.6) is 0 Å². The van der Waals surface area contributed by atoms with E-state index in [9.17, 15) is 0 Å². The molecular formula is C23H26ClN3. The molecule has 0 spiro atoms. The minimum atomic E-state index is 0.445. The van der Waals surface area contributed by atoms with Crippen LogP contribution in [-0.4, -0.2) is 22.2 Å². The molecule has 4 rings (SSSR count). The average Bonchev–Trinajstić information content (AvgIpc) is 3.31. The molecule has 2 aromatic heterocycles. The zero-order valence-electron chi connectivity index (χ0n) is 15.5. The second kappa shape index (κ2) is 8.62. The molecular weight excluding hydrogens is 354 g/mol. The van der Waals surface area contributed by atoms with Gasteiger partial charge in [-0.2, -0.15) is 0 Å². The number of hydrogen-bond donors (Lipinski definition) is 2. The van der Waals surface area contributed by atoms with Gasteiger partial charge in [-0.1, -0.05) is 55.8 Å². The first-order valence-electron chi connectivity index (χ1n) is 9.95. The lowest BCUT2D eigenvalue weighted by atomic mass is 9.97. The van der Waals surface area contributed by atoms with E-state index in [0.29, 0.717) is 6.04 Å². The minimum Gasteiger partial charge on any atom is -0.360 e. The number of H-pyrrole nitrogens is 2. The molecule has 1 fully saturated rings. The Morgan fingerprint density at radius 2 is 1.67 bits per heavy atom. The molecule has 3 aromatic rings. The van der Waals surface area contributed by atoms with Gasteiger partial charge in [-0.05, 0) is 48.7 Å². The molecule has 0 radical (unpaired) electrons. The summed E-state index contributed by atoms with van der Waals surface area (Å²) in [6.07, 6.45) is 13.1. The Morgan fingerprint density at radius 1 is 0.926 bits per heavy atom. The Balaban J connectivity index is 1.65. The number of nitrogens with one attached hydrogen (secondary N) is 2. The van der Waals surface area contributed by atoms with Crippen molar-refractivity contribution in [2.75, 3.05) is 0 Å². The van der Waals surface area contributed by atoms with Gasteiger partial charge < -0.3 is 9.97 Å². The monoisotopic (exact) mass is 379 g/mol. The second-order valence-electron chi connectivity index (χ2n) is 7.38. The van der Waals surface area contributed by atoms with Crippen LogP contribution in [0.25, 0.3) is 22.5 Å². The van der Waals surface area contributed by atoms with E-state index in [4.69, 9.17) is 16.6 Å². The summed E-state index contributed by atoms with van der Waals surface area (Å²) in [5.41, 5.74) is 5.52. The van der Waals surface area contributed by atoms with E-state index < -0.39 is 0 Å². The molecule has 0 aliphatic heterocycles. The molecule has 0 bridgehead atoms. The maximum atomic E-state index is 6.08. The predicted molar refractivity (Wildman–Crippen MR) is 115 cm³/mol. The molecule has 0 atom stereocenters. The number of halogens is 1. The zero-order valence-corrected chi connectivity index (χ0v) is 16.3. The molecule has 140 valence electrons. The first-order valence-corrected chi connectivity index (χ1v) is 10.3. The highest BCUT2D eigenvalue weighted by atomic mass is 35.5. The first-order chi connectivity index (χ1) is 13.3. The van der Waals surface area contributed by atoms with Crippen LogP contribution in [0.2, 0.25) is 5.02 Å². The number of hydrogen-bond acceptors (Lipinski definition) is 1. The maximum absolute atomic E-state index is 6.08. The molecule has 27 heavy (non-hydrogen) atoms. The lowest BCUT2D eigenvalue weighted by molar-refractivity contribution is 0.456. The van der Waals surface area contributed by atoms with E-state index >= 15 is 0 Å². The lowest BCUT2D eigenvalue weighted by Crippen LogP contribution is -2.07. The van der Waals surface area contributed by atoms with E-state index in [-0.39, 0.29) is 0 Å². The number of benzene rings is 1. The van der Waals surface area contributed by atoms with Crippen molar-refractivity contribution in [1.29, 1.82) is 0 Å². The van der Waals surface area contributed by atoms with E-state index in [1.165, 1.54) is 44.9 Å². The van der Waals surface area contributed by atoms with Gasteiger partial charge >= 0.3 is 0 Å². The molecule has 3 nitrogen and oxygen atoms in total. The van der Waals surface area contributed by atoms with Crippen molar-refractivity contribution in [3.8, 4) is 22.5 Å². The standard InChI is InChI=1S/C23H26ClN3/c24-18-12-10-17(11-13-18)20-15-22(21-9-6-14-25-21)27-23(20)16-26-19-7-4-2-1-3-5-8-19/h6,9-16,19,25,27H,1-5,7-8H2. The van der Waals surface area contributed by atoms with Crippen molar-refractivity contribution >= 4 is 17.8 Å². The third kappa shape index (κ3) is 4.54. The van der Waals surface area contributed by atoms with Crippen molar-refractivity contribution < 1.29 is 0 Å². The van der Waals surface area contributed by atoms with Gasteiger partial charge in [-0.3, -0.25) is 4.99 Å². The van der Waals surface area contributed by atoms with Crippen LogP contribution in [0.4, 0.5) is 0 Å². The van der Waals surface area contributed by atoms with Gasteiger partial charge in [-0.25, -0.2) is 0 Å². The summed E-state index contributed by atoms with van der Waals surface area (Å²) in [6.45, 7) is 0. The minimum absolute atomic E-state index is 0.445. The molecule has 1 saturated carbocycles. The Bertz CT molecular complexity index is 867. The molecule has 0 saturated heterocycles. The Labute approximate surface area is 165 Å². The van der Waals surface area contributed by atoms with Gasteiger partial charge in [0, 0.05) is 23.0 Å². The molecule has 1 aliphatic rings. The van der Waals surface area contributed by atoms with Crippen LogP contribution >= 0.6 is 11.6 Å². The third-order valence-electron chi connectivity index (χ3n) is 5.38. The van der Waals surface area contributed by atoms with Gasteiger partial charge in [0.05, 0.1) is 23.1 Å². The van der Waals surface area contributed by atoms with Crippen molar-refractivity contribution in [1.82, 2.24) is 9.97 Å². The molecule has 4 heteroatoms. The molecule has 1 aromatic carbocycles. The van der Waals surface area contributed by atoms with E-state index in [1.54, 1.807) is 0 Å². The van der Waals surface area contributed by atoms with Gasteiger partial charge in [0.1, 0.15) is 0 Å². The fourth-order valence-corrected chi connectivity index (χ4v) is 3.97. The van der Waals surface area contributed by atoms with Gasteiger partial charge in [-0.15, -0.1) is 0 Å². The summed E-state index contributed by atoms with van der Waals surface area (Å²) in [6, 6.07) is 14.7. The second-order valence-corrected chi connectivity index (χ2v) is 7.81. The quantitative estimate of drug-likeness (QED) is 0.465. The van der Waals surface area contributed by atoms with Crippen molar-refractivity contribution in [2.45, 2.75) is 51.0 Å². The summed E-state index contributed by atoms with van der Waals surface area (Å²) >= 11 is 6.08. The van der Waals surface area contributed by atoms with Crippen LogP contribution in [-0.2, 0) is 0 Å². The smallest absolute Gasteiger partial charge is 0.0646 e. The summed E-state index contributed by atoms with van der Waals surface area (Å²) in [5, 5.41) is 0.753. The largest absolute Gasteiger partial charge is 0.360 e. The Kier molecular flexibility index (Phi) is 5.78. The zero-order chi connectivity index (χ0) is 18.5. The average molecular weight is 380 g/mol. The van der Waals surface area contributed by atoms with Crippen LogP contribution < -0.4 is 0 Å². The number of aliphatic imine (C=N–C) groups is 1. The van der Waals surface area contributed by atoms with E-state index in [0.717, 1.165) is 33.2 Å². The number of nitrogens with zero attached hydrogens (tertiary/aromatic N) is 1. The van der Waals surface area contributed by atoms with E-state index in [1.807, 2.05) is 30.6 Å². The highest BCUT2D eigenvalue weighted by Gasteiger charge is 2.13. The number of rotatable bonds is 4. The normalized spacial score (nSPS) is 16.5. The number of aromatic amines is 2. The Hall–Kier alpha value is -2.26. The first kappa shape index (κ1) is 18.1. The van der Waals surface area contributed by atoms with Crippen LogP contribution in [0.1, 0.15) is 50.6 Å². The van der Waals surface area contributed by atoms with Crippen LogP contribution in [0.3, 0.4) is 0 Å². The van der Waals surface area contributed by atoms with Crippen molar-refractivity contribution in [3.63, 3.8) is 0 Å². The molecule has 0 amide bonds. The highest BCUT2D eigenvalue weighted by Crippen LogP contribution is 2.29. The summed E-state index contributed by atoms with van der Waals surface area (Å²) in [5.74, 6) is 0. The third-order valence-corrected chi connectivity index (χ3v) is 5.63. The predicted octanol–water partition coefficient (Wildman–Crippen LogP) is 6.86. The summed E-state index contributed by atoms with van der Waals surface area (Å²) < 4.78 is 0. The number of aromatic nitrogens is 2. The van der Waals surface area contributed by atoms with E-state index in [2.05, 4.69) is 34.2 Å². The summed E-state index contributed by atoms with van der Waals surface area (Å²) in [4.78, 5) is 11.8. The van der Waals surface area contributed by atoms with Crippen molar-refractivity contribution in [2.24, 2.45) is 4.99 Å². The van der Waals surface area contributed by atoms with Gasteiger partial charge in [0.2, 0.25) is 0 Å². The molecule has 1 aliphatic carbocycles. The van der Waals surface area contributed by atoms with Gasteiger partial charge in [0.25, 0.3) is 0 Å². The molecule has 0 unspecified atom stereocenters. The fourth-order valence-electron chi connectivity index (χ4n) is 3.85. The van der Waals surface area contributed by atoms with Gasteiger partial charge in [0.15, 0.2) is 0 Å². The molecule has 2 N–H and O–H groups in total. The summed E-state index contributed by atoms with van der Waals surface area (Å²) in [7, 11) is 0. The Morgan fingerprint density at radius 3 is 2.37 bits per heavy atom.